The van der Waals surface area contributed by atoms with Gasteiger partial charge in [0.25, 0.3) is 0 Å². The average molecular weight is 309 g/mol. The van der Waals surface area contributed by atoms with Crippen LogP contribution in [0, 0.1) is 0 Å². The van der Waals surface area contributed by atoms with Crippen LogP contribution in [-0.4, -0.2) is 30.9 Å². The zero-order valence-corrected chi connectivity index (χ0v) is 11.6. The van der Waals surface area contributed by atoms with E-state index in [1.165, 1.54) is 12.1 Å². The number of rotatable bonds is 4. The van der Waals surface area contributed by atoms with Crippen LogP contribution in [0.2, 0.25) is 0 Å². The first-order valence-electron chi connectivity index (χ1n) is 4.82. The standard InChI is InChI=1S/C9H12NO5PS2/c11-7-2-1-6(5-8(7)12)3-4-10-9(17)18-16(13,14)15/h1-2,5,11-12H,3-4H2,(H,10,17)(H2,13,14,15). The lowest BCUT2D eigenvalue weighted by molar-refractivity contribution is 0.397. The van der Waals surface area contributed by atoms with Crippen LogP contribution in [0.1, 0.15) is 5.56 Å². The number of aromatic hydroxyl groups is 2. The van der Waals surface area contributed by atoms with Crippen molar-refractivity contribution < 1.29 is 24.6 Å². The number of phenolic OH excluding ortho intramolecular Hbond substituents is 2. The highest BCUT2D eigenvalue weighted by molar-refractivity contribution is 8.64. The molecule has 18 heavy (non-hydrogen) atoms. The van der Waals surface area contributed by atoms with Gasteiger partial charge in [0, 0.05) is 17.9 Å². The minimum Gasteiger partial charge on any atom is -0.504 e. The molecule has 0 unspecified atom stereocenters. The van der Waals surface area contributed by atoms with Gasteiger partial charge in [-0.1, -0.05) is 18.3 Å². The molecule has 6 nitrogen and oxygen atoms in total. The van der Waals surface area contributed by atoms with Crippen LogP contribution in [0.25, 0.3) is 0 Å². The molecule has 0 aliphatic heterocycles. The van der Waals surface area contributed by atoms with Gasteiger partial charge in [0.2, 0.25) is 0 Å². The third-order valence-corrected chi connectivity index (χ3v) is 4.50. The van der Waals surface area contributed by atoms with E-state index in [0.29, 0.717) is 24.3 Å². The first-order chi connectivity index (χ1) is 8.28. The summed E-state index contributed by atoms with van der Waals surface area (Å²) in [5, 5.41) is 21.0. The second-order valence-corrected chi connectivity index (χ2v) is 7.58. The van der Waals surface area contributed by atoms with E-state index >= 15 is 0 Å². The van der Waals surface area contributed by atoms with Gasteiger partial charge in [-0.05, 0) is 24.1 Å². The van der Waals surface area contributed by atoms with Crippen molar-refractivity contribution in [3.8, 4) is 11.5 Å². The summed E-state index contributed by atoms with van der Waals surface area (Å²) >= 11 is 5.03. The van der Waals surface area contributed by atoms with E-state index in [0.717, 1.165) is 5.56 Å². The van der Waals surface area contributed by atoms with Crippen molar-refractivity contribution in [2.24, 2.45) is 0 Å². The summed E-state index contributed by atoms with van der Waals surface area (Å²) in [4.78, 5) is 17.3. The van der Waals surface area contributed by atoms with Crippen LogP contribution in [-0.2, 0) is 11.0 Å². The highest BCUT2D eigenvalue weighted by Crippen LogP contribution is 2.50. The topological polar surface area (TPSA) is 110 Å². The predicted molar refractivity (Wildman–Crippen MR) is 73.7 cm³/mol. The zero-order valence-electron chi connectivity index (χ0n) is 9.11. The van der Waals surface area contributed by atoms with E-state index in [1.54, 1.807) is 6.07 Å². The maximum Gasteiger partial charge on any atom is 0.390 e. The normalized spacial score (nSPS) is 11.2. The molecule has 0 aliphatic rings. The maximum absolute atomic E-state index is 10.6. The molecule has 0 radical (unpaired) electrons. The van der Waals surface area contributed by atoms with Gasteiger partial charge in [-0.3, -0.25) is 0 Å². The van der Waals surface area contributed by atoms with Gasteiger partial charge in [-0.25, -0.2) is 4.57 Å². The Kier molecular flexibility index (Phi) is 5.43. The minimum absolute atomic E-state index is 0.0198. The fourth-order valence-corrected chi connectivity index (χ4v) is 3.37. The molecule has 9 heteroatoms. The zero-order chi connectivity index (χ0) is 13.8. The lowest BCUT2D eigenvalue weighted by atomic mass is 10.1. The quantitative estimate of drug-likeness (QED) is 0.322. The van der Waals surface area contributed by atoms with E-state index in [4.69, 9.17) is 27.1 Å². The summed E-state index contributed by atoms with van der Waals surface area (Å²) in [7, 11) is 0. The Hall–Kier alpha value is -0.790. The second kappa shape index (κ2) is 6.40. The van der Waals surface area contributed by atoms with Crippen LogP contribution < -0.4 is 5.32 Å². The SMILES string of the molecule is O=P(O)(O)SC(=S)NCCc1ccc(O)c(O)c1. The third-order valence-electron chi connectivity index (χ3n) is 1.92. The lowest BCUT2D eigenvalue weighted by Gasteiger charge is -2.08. The molecule has 1 aromatic rings. The molecule has 0 amide bonds. The van der Waals surface area contributed by atoms with Gasteiger partial charge in [-0.2, -0.15) is 0 Å². The van der Waals surface area contributed by atoms with Crippen molar-refractivity contribution in [1.29, 1.82) is 0 Å². The fraction of sp³-hybridized carbons (Fsp3) is 0.222. The van der Waals surface area contributed by atoms with Crippen LogP contribution in [0.4, 0.5) is 0 Å². The summed E-state index contributed by atoms with van der Waals surface area (Å²) in [6.45, 7) is -3.84. The van der Waals surface area contributed by atoms with Gasteiger partial charge in [0.15, 0.2) is 11.5 Å². The summed E-state index contributed by atoms with van der Waals surface area (Å²) in [6, 6.07) is 4.42. The molecular weight excluding hydrogens is 297 g/mol. The Bertz CT molecular complexity index is 490. The highest BCUT2D eigenvalue weighted by Gasteiger charge is 2.16. The van der Waals surface area contributed by atoms with E-state index in [9.17, 15) is 9.67 Å². The van der Waals surface area contributed by atoms with Gasteiger partial charge >= 0.3 is 6.80 Å². The number of nitrogens with one attached hydrogen (secondary N) is 1. The summed E-state index contributed by atoms with van der Waals surface area (Å²) < 4.78 is 10.6. The Morgan fingerprint density at radius 1 is 1.33 bits per heavy atom. The van der Waals surface area contributed by atoms with Crippen LogP contribution in [0.3, 0.4) is 0 Å². The predicted octanol–water partition coefficient (Wildman–Crippen LogP) is 1.34. The Morgan fingerprint density at radius 2 is 2.00 bits per heavy atom. The molecular formula is C9H12NO5PS2. The molecule has 1 aromatic carbocycles. The first kappa shape index (κ1) is 15.3. The molecule has 0 atom stereocenters. The fourth-order valence-electron chi connectivity index (χ4n) is 1.17. The Morgan fingerprint density at radius 3 is 2.56 bits per heavy atom. The summed E-state index contributed by atoms with van der Waals surface area (Å²) in [5.41, 5.74) is 0.766. The third kappa shape index (κ3) is 5.70. The smallest absolute Gasteiger partial charge is 0.390 e. The van der Waals surface area contributed by atoms with Gasteiger partial charge in [0.1, 0.15) is 4.32 Å². The van der Waals surface area contributed by atoms with Crippen LogP contribution in [0.5, 0.6) is 11.5 Å². The van der Waals surface area contributed by atoms with E-state index < -0.39 is 6.80 Å². The average Bonchev–Trinajstić information content (AvgIpc) is 2.20. The van der Waals surface area contributed by atoms with Crippen molar-refractivity contribution in [2.75, 3.05) is 6.54 Å². The lowest BCUT2D eigenvalue weighted by Crippen LogP contribution is -2.20. The minimum atomic E-state index is -4.21. The van der Waals surface area contributed by atoms with Gasteiger partial charge in [-0.15, -0.1) is 0 Å². The molecule has 0 heterocycles. The van der Waals surface area contributed by atoms with Crippen LogP contribution in [0.15, 0.2) is 18.2 Å². The Balaban J connectivity index is 2.40. The molecule has 100 valence electrons. The van der Waals surface area contributed by atoms with Crippen molar-refractivity contribution in [3.63, 3.8) is 0 Å². The largest absolute Gasteiger partial charge is 0.504 e. The molecule has 1 rings (SSSR count). The Labute approximate surface area is 113 Å². The number of hydrogen-bond acceptors (Lipinski definition) is 5. The highest BCUT2D eigenvalue weighted by atomic mass is 32.7. The summed E-state index contributed by atoms with van der Waals surface area (Å²) in [5.74, 6) is -0.404. The molecule has 0 fully saturated rings. The second-order valence-electron chi connectivity index (χ2n) is 3.37. The molecule has 0 aromatic heterocycles. The molecule has 0 saturated heterocycles. The van der Waals surface area contributed by atoms with Gasteiger partial charge in [0.05, 0.1) is 0 Å². The van der Waals surface area contributed by atoms with E-state index in [1.807, 2.05) is 0 Å². The number of hydrogen-bond donors (Lipinski definition) is 5. The molecule has 0 saturated carbocycles. The summed E-state index contributed by atoms with van der Waals surface area (Å²) in [6.07, 6.45) is 0.496. The number of thiocarbonyl (C=S) groups is 1. The molecule has 5 N–H and O–H groups in total. The van der Waals surface area contributed by atoms with E-state index in [-0.39, 0.29) is 15.8 Å². The van der Waals surface area contributed by atoms with Crippen molar-refractivity contribution in [2.45, 2.75) is 6.42 Å². The number of benzene rings is 1. The van der Waals surface area contributed by atoms with Crippen LogP contribution >= 0.6 is 30.4 Å². The first-order valence-corrected chi connectivity index (χ1v) is 8.26. The number of phenols is 2. The van der Waals surface area contributed by atoms with Crippen molar-refractivity contribution >= 4 is 34.7 Å². The van der Waals surface area contributed by atoms with Crippen molar-refractivity contribution in [1.82, 2.24) is 5.32 Å². The maximum atomic E-state index is 10.6. The molecule has 0 spiro atoms. The van der Waals surface area contributed by atoms with Gasteiger partial charge < -0.3 is 25.3 Å². The molecule has 0 aliphatic carbocycles. The van der Waals surface area contributed by atoms with Crippen molar-refractivity contribution in [3.05, 3.63) is 23.8 Å². The van der Waals surface area contributed by atoms with E-state index in [2.05, 4.69) is 5.32 Å². The monoisotopic (exact) mass is 309 g/mol. The molecule has 0 bridgehead atoms.